The third-order valence-electron chi connectivity index (χ3n) is 8.11. The van der Waals surface area contributed by atoms with E-state index in [1.54, 1.807) is 14.7 Å². The number of carbonyl (C=O) groups excluding carboxylic acids is 3. The molecule has 2 aromatic rings. The maximum absolute atomic E-state index is 13.8. The van der Waals surface area contributed by atoms with E-state index in [9.17, 15) is 18.8 Å². The van der Waals surface area contributed by atoms with Gasteiger partial charge in [-0.3, -0.25) is 19.3 Å². The van der Waals surface area contributed by atoms with Gasteiger partial charge in [0.1, 0.15) is 17.6 Å². The molecule has 3 aliphatic heterocycles. The maximum atomic E-state index is 13.8. The molecule has 3 amide bonds. The molecule has 0 N–H and O–H groups in total. The number of hydrogen-bond donors (Lipinski definition) is 0. The second kappa shape index (κ2) is 10.8. The summed E-state index contributed by atoms with van der Waals surface area (Å²) in [4.78, 5) is 48.0. The quantitative estimate of drug-likeness (QED) is 0.618. The minimum atomic E-state index is -0.999. The Morgan fingerprint density at radius 1 is 0.842 bits per heavy atom. The normalized spacial score (nSPS) is 21.7. The molecule has 0 saturated carbocycles. The van der Waals surface area contributed by atoms with Gasteiger partial charge < -0.3 is 19.4 Å². The van der Waals surface area contributed by atoms with Crippen LogP contribution in [0.4, 0.5) is 4.39 Å². The van der Waals surface area contributed by atoms with Crippen LogP contribution in [0.15, 0.2) is 48.5 Å². The largest absolute Gasteiger partial charge is 0.353 e. The Bertz CT molecular complexity index is 1170. The topological polar surface area (TPSA) is 73.4 Å². The number of rotatable bonds is 4. The lowest BCUT2D eigenvalue weighted by Crippen LogP contribution is -2.61. The summed E-state index contributed by atoms with van der Waals surface area (Å²) in [5, 5.41) is 0. The summed E-state index contributed by atoms with van der Waals surface area (Å²) in [5.41, 5.74) is 1.11. The zero-order valence-corrected chi connectivity index (χ0v) is 22.1. The summed E-state index contributed by atoms with van der Waals surface area (Å²) < 4.78 is 19.9. The maximum Gasteiger partial charge on any atom is 0.256 e. The number of likely N-dealkylation sites (N-methyl/N-ethyl adjacent to an activating group) is 1. The molecule has 9 heteroatoms. The van der Waals surface area contributed by atoms with Crippen molar-refractivity contribution in [2.45, 2.75) is 38.0 Å². The predicted molar refractivity (Wildman–Crippen MR) is 140 cm³/mol. The highest BCUT2D eigenvalue weighted by Crippen LogP contribution is 2.39. The number of piperidine rings is 1. The first kappa shape index (κ1) is 26.3. The zero-order chi connectivity index (χ0) is 26.9. The molecule has 5 rings (SSSR count). The molecule has 0 aromatic heterocycles. The molecule has 38 heavy (non-hydrogen) atoms. The van der Waals surface area contributed by atoms with Crippen LogP contribution in [0.5, 0.6) is 0 Å². The Hall–Kier alpha value is -3.30. The molecule has 3 aliphatic rings. The summed E-state index contributed by atoms with van der Waals surface area (Å²) in [6.07, 6.45) is 1.69. The fourth-order valence-electron chi connectivity index (χ4n) is 5.65. The number of hydrogen-bond acceptors (Lipinski definition) is 5. The third kappa shape index (κ3) is 5.05. The van der Waals surface area contributed by atoms with E-state index in [1.165, 1.54) is 29.8 Å². The molecule has 0 unspecified atom stereocenters. The molecule has 8 nitrogen and oxygen atoms in total. The van der Waals surface area contributed by atoms with Crippen LogP contribution in [0.2, 0.25) is 0 Å². The smallest absolute Gasteiger partial charge is 0.256 e. The number of carbonyl (C=O) groups is 3. The summed E-state index contributed by atoms with van der Waals surface area (Å²) in [7, 11) is 2.02. The number of aryl methyl sites for hydroxylation is 1. The van der Waals surface area contributed by atoms with E-state index in [-0.39, 0.29) is 24.3 Å². The average molecular weight is 523 g/mol. The fourth-order valence-corrected chi connectivity index (χ4v) is 5.65. The van der Waals surface area contributed by atoms with E-state index in [0.29, 0.717) is 50.1 Å². The number of piperazine rings is 1. The highest BCUT2D eigenvalue weighted by atomic mass is 19.1. The van der Waals surface area contributed by atoms with Crippen LogP contribution in [0.1, 0.15) is 46.0 Å². The molecule has 0 radical (unpaired) electrons. The standard InChI is InChI=1S/C29H35FN4O4/c1-3-21-4-6-22(7-5-21)26(35)32-14-12-29(13-15-32)34(27(36)23-8-10-24(30)11-9-23)25(20-38-29)28(37)33-18-16-31(2)17-19-33/h4-11,25H,3,12-20H2,1-2H3/t25-/m1/s1. The SMILES string of the molecule is CCc1ccc(C(=O)N2CCC3(CC2)OC[C@H](C(=O)N2CCN(C)CC2)N3C(=O)c2ccc(F)cc2)cc1. The van der Waals surface area contributed by atoms with E-state index < -0.39 is 17.6 Å². The molecule has 3 heterocycles. The van der Waals surface area contributed by atoms with Gasteiger partial charge in [0.05, 0.1) is 6.61 Å². The summed E-state index contributed by atoms with van der Waals surface area (Å²) in [6, 6.07) is 12.3. The molecule has 1 atom stereocenters. The van der Waals surface area contributed by atoms with Gasteiger partial charge in [-0.1, -0.05) is 19.1 Å². The number of halogens is 1. The number of benzene rings is 2. The van der Waals surface area contributed by atoms with Gasteiger partial charge in [0.15, 0.2) is 0 Å². The Labute approximate surface area is 222 Å². The van der Waals surface area contributed by atoms with Crippen molar-refractivity contribution < 1.29 is 23.5 Å². The highest BCUT2D eigenvalue weighted by molar-refractivity contribution is 5.98. The first-order valence-corrected chi connectivity index (χ1v) is 13.4. The van der Waals surface area contributed by atoms with Crippen molar-refractivity contribution in [1.29, 1.82) is 0 Å². The van der Waals surface area contributed by atoms with Crippen molar-refractivity contribution >= 4 is 17.7 Å². The summed E-state index contributed by atoms with van der Waals surface area (Å²) in [5.74, 6) is -0.968. The van der Waals surface area contributed by atoms with Crippen molar-refractivity contribution in [3.05, 3.63) is 71.0 Å². The monoisotopic (exact) mass is 522 g/mol. The molecule has 1 spiro atoms. The number of ether oxygens (including phenoxy) is 1. The Kier molecular flexibility index (Phi) is 7.49. The first-order valence-electron chi connectivity index (χ1n) is 13.4. The lowest BCUT2D eigenvalue weighted by Gasteiger charge is -2.45. The first-order chi connectivity index (χ1) is 18.3. The van der Waals surface area contributed by atoms with E-state index in [1.807, 2.05) is 31.3 Å². The molecule has 0 bridgehead atoms. The van der Waals surface area contributed by atoms with E-state index >= 15 is 0 Å². The number of amides is 3. The van der Waals surface area contributed by atoms with Gasteiger partial charge in [0, 0.05) is 63.2 Å². The molecule has 2 aromatic carbocycles. The van der Waals surface area contributed by atoms with Crippen LogP contribution in [-0.2, 0) is 16.0 Å². The van der Waals surface area contributed by atoms with Gasteiger partial charge in [-0.25, -0.2) is 4.39 Å². The van der Waals surface area contributed by atoms with Gasteiger partial charge >= 0.3 is 0 Å². The van der Waals surface area contributed by atoms with Crippen LogP contribution >= 0.6 is 0 Å². The van der Waals surface area contributed by atoms with Crippen molar-refractivity contribution in [3.8, 4) is 0 Å². The van der Waals surface area contributed by atoms with Gasteiger partial charge in [-0.2, -0.15) is 0 Å². The van der Waals surface area contributed by atoms with Crippen LogP contribution in [0, 0.1) is 5.82 Å². The number of nitrogens with zero attached hydrogens (tertiary/aromatic N) is 4. The molecule has 3 fully saturated rings. The van der Waals surface area contributed by atoms with Crippen molar-refractivity contribution in [3.63, 3.8) is 0 Å². The van der Waals surface area contributed by atoms with Crippen LogP contribution < -0.4 is 0 Å². The lowest BCUT2D eigenvalue weighted by molar-refractivity contribution is -0.139. The van der Waals surface area contributed by atoms with Crippen LogP contribution in [0.25, 0.3) is 0 Å². The lowest BCUT2D eigenvalue weighted by atomic mass is 9.95. The van der Waals surface area contributed by atoms with Crippen LogP contribution in [-0.4, -0.2) is 102 Å². The van der Waals surface area contributed by atoms with Crippen molar-refractivity contribution in [2.75, 3.05) is 52.9 Å². The minimum Gasteiger partial charge on any atom is -0.353 e. The highest BCUT2D eigenvalue weighted by Gasteiger charge is 2.55. The molecular formula is C29H35FN4O4. The molecule has 0 aliphatic carbocycles. The summed E-state index contributed by atoms with van der Waals surface area (Å²) in [6.45, 7) is 5.70. The van der Waals surface area contributed by atoms with Crippen molar-refractivity contribution in [2.24, 2.45) is 0 Å². The van der Waals surface area contributed by atoms with Gasteiger partial charge in [-0.15, -0.1) is 0 Å². The minimum absolute atomic E-state index is 0.0537. The second-order valence-electron chi connectivity index (χ2n) is 10.4. The third-order valence-corrected chi connectivity index (χ3v) is 8.11. The van der Waals surface area contributed by atoms with Crippen LogP contribution in [0.3, 0.4) is 0 Å². The van der Waals surface area contributed by atoms with Crippen molar-refractivity contribution in [1.82, 2.24) is 19.6 Å². The molecular weight excluding hydrogens is 487 g/mol. The predicted octanol–water partition coefficient (Wildman–Crippen LogP) is 2.64. The molecule has 3 saturated heterocycles. The Morgan fingerprint density at radius 3 is 2.03 bits per heavy atom. The Balaban J connectivity index is 1.37. The Morgan fingerprint density at radius 2 is 1.42 bits per heavy atom. The van der Waals surface area contributed by atoms with E-state index in [2.05, 4.69) is 11.8 Å². The zero-order valence-electron chi connectivity index (χ0n) is 22.1. The average Bonchev–Trinajstić information content (AvgIpc) is 3.31. The van der Waals surface area contributed by atoms with Gasteiger partial charge in [0.2, 0.25) is 5.91 Å². The second-order valence-corrected chi connectivity index (χ2v) is 10.4. The summed E-state index contributed by atoms with van der Waals surface area (Å²) >= 11 is 0. The van der Waals surface area contributed by atoms with E-state index in [4.69, 9.17) is 4.74 Å². The number of likely N-dealkylation sites (tertiary alicyclic amines) is 1. The fraction of sp³-hybridized carbons (Fsp3) is 0.483. The van der Waals surface area contributed by atoms with E-state index in [0.717, 1.165) is 19.5 Å². The molecule has 202 valence electrons. The van der Waals surface area contributed by atoms with Gasteiger partial charge in [0.25, 0.3) is 11.8 Å². The van der Waals surface area contributed by atoms with Gasteiger partial charge in [-0.05, 0) is 55.4 Å².